The minimum atomic E-state index is -0.589. The Balaban J connectivity index is 1.46. The normalized spacial score (nSPS) is 32.6. The van der Waals surface area contributed by atoms with E-state index in [4.69, 9.17) is 4.98 Å². The minimum Gasteiger partial charge on any atom is -0.396 e. The van der Waals surface area contributed by atoms with Crippen LogP contribution in [0.25, 0.3) is 0 Å². The molecule has 3 N–H and O–H groups in total. The van der Waals surface area contributed by atoms with Crippen molar-refractivity contribution in [2.75, 3.05) is 25.0 Å². The number of hydrogen-bond donors (Lipinski definition) is 3. The maximum absolute atomic E-state index is 13.6. The third-order valence-corrected chi connectivity index (χ3v) is 10.7. The highest BCUT2D eigenvalue weighted by molar-refractivity contribution is 7.15. The Morgan fingerprint density at radius 2 is 1.92 bits per heavy atom. The van der Waals surface area contributed by atoms with Crippen molar-refractivity contribution >= 4 is 22.4 Å². The van der Waals surface area contributed by atoms with Crippen molar-refractivity contribution in [1.82, 2.24) is 9.88 Å². The molecule has 2 aliphatic carbocycles. The molecule has 5 atom stereocenters. The number of rotatable bonds is 6. The van der Waals surface area contributed by atoms with E-state index in [2.05, 4.69) is 36.2 Å². The molecule has 1 aliphatic heterocycles. The number of amides is 1. The van der Waals surface area contributed by atoms with Gasteiger partial charge in [-0.15, -0.1) is 11.3 Å². The van der Waals surface area contributed by atoms with Crippen LogP contribution in [0.5, 0.6) is 0 Å². The molecule has 1 aromatic heterocycles. The zero-order valence-electron chi connectivity index (χ0n) is 21.9. The van der Waals surface area contributed by atoms with E-state index >= 15 is 0 Å². The van der Waals surface area contributed by atoms with Gasteiger partial charge in [0.2, 0.25) is 5.91 Å². The molecule has 0 unspecified atom stereocenters. The lowest BCUT2D eigenvalue weighted by molar-refractivity contribution is -0.147. The summed E-state index contributed by atoms with van der Waals surface area (Å²) in [5.74, 6) is 0.982. The Labute approximate surface area is 219 Å². The molecule has 6 nitrogen and oxygen atoms in total. The van der Waals surface area contributed by atoms with E-state index in [-0.39, 0.29) is 29.8 Å². The Kier molecular flexibility index (Phi) is 7.18. The van der Waals surface area contributed by atoms with Crippen molar-refractivity contribution in [2.45, 2.75) is 77.9 Å². The number of carbonyl (C=O) groups is 1. The first-order chi connectivity index (χ1) is 17.2. The molecular weight excluding hydrogens is 470 g/mol. The first-order valence-corrected chi connectivity index (χ1v) is 14.4. The van der Waals surface area contributed by atoms with Gasteiger partial charge in [0.15, 0.2) is 5.13 Å². The number of hydrogen-bond acceptors (Lipinski definition) is 6. The molecule has 1 saturated heterocycles. The summed E-state index contributed by atoms with van der Waals surface area (Å²) in [5, 5.41) is 25.9. The summed E-state index contributed by atoms with van der Waals surface area (Å²) in [6, 6.07) is 10.3. The zero-order valence-corrected chi connectivity index (χ0v) is 22.7. The van der Waals surface area contributed by atoms with Gasteiger partial charge in [-0.25, -0.2) is 4.98 Å². The lowest BCUT2D eigenvalue weighted by atomic mass is 9.47. The summed E-state index contributed by atoms with van der Waals surface area (Å²) in [5.41, 5.74) is 1.47. The molecule has 0 spiro atoms. The average Bonchev–Trinajstić information content (AvgIpc) is 3.30. The van der Waals surface area contributed by atoms with Crippen molar-refractivity contribution in [3.8, 4) is 0 Å². The van der Waals surface area contributed by atoms with Crippen LogP contribution in [-0.2, 0) is 17.8 Å². The largest absolute Gasteiger partial charge is 0.396 e. The van der Waals surface area contributed by atoms with Crippen LogP contribution >= 0.6 is 11.3 Å². The lowest BCUT2D eigenvalue weighted by Gasteiger charge is -2.58. The topological polar surface area (TPSA) is 85.7 Å². The van der Waals surface area contributed by atoms with Gasteiger partial charge in [0, 0.05) is 42.3 Å². The Morgan fingerprint density at radius 1 is 1.19 bits per heavy atom. The molecule has 36 heavy (non-hydrogen) atoms. The highest BCUT2D eigenvalue weighted by Gasteiger charge is 2.59. The molecule has 2 fully saturated rings. The van der Waals surface area contributed by atoms with Gasteiger partial charge < -0.3 is 20.4 Å². The number of carbonyl (C=O) groups excluding carboxylic acids is 1. The summed E-state index contributed by atoms with van der Waals surface area (Å²) in [6.07, 6.45) is 4.33. The molecule has 5 rings (SSSR count). The number of piperidine rings is 1. The van der Waals surface area contributed by atoms with Crippen LogP contribution in [0, 0.1) is 22.7 Å². The molecular formula is C29H41N3O3S. The first kappa shape index (κ1) is 25.7. The van der Waals surface area contributed by atoms with E-state index in [1.807, 2.05) is 25.1 Å². The number of nitrogens with one attached hydrogen (secondary N) is 1. The van der Waals surface area contributed by atoms with Crippen molar-refractivity contribution in [3.63, 3.8) is 0 Å². The van der Waals surface area contributed by atoms with Gasteiger partial charge in [-0.05, 0) is 54.9 Å². The van der Waals surface area contributed by atoms with Crippen molar-refractivity contribution < 1.29 is 15.0 Å². The fourth-order valence-electron chi connectivity index (χ4n) is 7.06. The van der Waals surface area contributed by atoms with Crippen molar-refractivity contribution in [1.29, 1.82) is 0 Å². The van der Waals surface area contributed by atoms with Crippen LogP contribution in [-0.4, -0.2) is 51.8 Å². The van der Waals surface area contributed by atoms with Gasteiger partial charge in [-0.3, -0.25) is 4.79 Å². The molecule has 1 saturated carbocycles. The van der Waals surface area contributed by atoms with Gasteiger partial charge >= 0.3 is 0 Å². The predicted octanol–water partition coefficient (Wildman–Crippen LogP) is 4.82. The highest BCUT2D eigenvalue weighted by Crippen LogP contribution is 2.63. The maximum Gasteiger partial charge on any atom is 0.223 e. The molecule has 7 heteroatoms. The monoisotopic (exact) mass is 511 g/mol. The Bertz CT molecular complexity index is 1070. The fraction of sp³-hybridized carbons (Fsp3) is 0.655. The number of nitrogens with zero attached hydrogens (tertiary/aromatic N) is 2. The van der Waals surface area contributed by atoms with Crippen molar-refractivity contribution in [2.24, 2.45) is 22.7 Å². The molecule has 2 heterocycles. The zero-order chi connectivity index (χ0) is 25.5. The fourth-order valence-corrected chi connectivity index (χ4v) is 8.12. The van der Waals surface area contributed by atoms with Gasteiger partial charge in [0.25, 0.3) is 0 Å². The number of aliphatic hydroxyl groups is 2. The van der Waals surface area contributed by atoms with Gasteiger partial charge in [0.05, 0.1) is 18.4 Å². The van der Waals surface area contributed by atoms with Crippen LogP contribution in [0.1, 0.15) is 74.9 Å². The van der Waals surface area contributed by atoms with Crippen LogP contribution in [0.15, 0.2) is 30.3 Å². The number of fused-ring (bicyclic) bond motifs is 2. The van der Waals surface area contributed by atoms with Crippen LogP contribution < -0.4 is 5.32 Å². The summed E-state index contributed by atoms with van der Waals surface area (Å²) in [7, 11) is 0. The minimum absolute atomic E-state index is 0.0139. The lowest BCUT2D eigenvalue weighted by Crippen LogP contribution is -2.57. The molecule has 3 aliphatic rings. The second kappa shape index (κ2) is 10.1. The summed E-state index contributed by atoms with van der Waals surface area (Å²) in [4.78, 5) is 22.0. The van der Waals surface area contributed by atoms with E-state index in [1.54, 1.807) is 11.3 Å². The van der Waals surface area contributed by atoms with Gasteiger partial charge in [-0.2, -0.15) is 0 Å². The van der Waals surface area contributed by atoms with Crippen molar-refractivity contribution in [3.05, 3.63) is 46.5 Å². The van der Waals surface area contributed by atoms with Gasteiger partial charge in [-0.1, -0.05) is 51.1 Å². The maximum atomic E-state index is 13.6. The second-order valence-corrected chi connectivity index (χ2v) is 13.1. The number of benzene rings is 1. The number of thiazole rings is 1. The van der Waals surface area contributed by atoms with E-state index in [0.29, 0.717) is 25.3 Å². The predicted molar refractivity (Wildman–Crippen MR) is 144 cm³/mol. The Morgan fingerprint density at radius 3 is 2.61 bits per heavy atom. The van der Waals surface area contributed by atoms with E-state index in [1.165, 1.54) is 10.4 Å². The third-order valence-electron chi connectivity index (χ3n) is 9.70. The molecule has 0 bridgehead atoms. The highest BCUT2D eigenvalue weighted by atomic mass is 32.1. The summed E-state index contributed by atoms with van der Waals surface area (Å²) < 4.78 is 0. The molecule has 2 aromatic rings. The van der Waals surface area contributed by atoms with E-state index in [0.717, 1.165) is 49.6 Å². The Hall–Kier alpha value is -1.96. The quantitative estimate of drug-likeness (QED) is 0.518. The first-order valence-electron chi connectivity index (χ1n) is 13.6. The van der Waals surface area contributed by atoms with E-state index < -0.39 is 11.5 Å². The summed E-state index contributed by atoms with van der Waals surface area (Å²) in [6.45, 7) is 8.92. The third kappa shape index (κ3) is 4.59. The van der Waals surface area contributed by atoms with Crippen LogP contribution in [0.2, 0.25) is 0 Å². The number of likely N-dealkylation sites (tertiary alicyclic amines) is 1. The number of aliphatic hydroxyl groups excluding tert-OH is 2. The molecule has 1 amide bonds. The van der Waals surface area contributed by atoms with E-state index in [9.17, 15) is 15.0 Å². The van der Waals surface area contributed by atoms with Crippen LogP contribution in [0.3, 0.4) is 0 Å². The van der Waals surface area contributed by atoms with Crippen LogP contribution in [0.4, 0.5) is 5.13 Å². The summed E-state index contributed by atoms with van der Waals surface area (Å²) >= 11 is 1.68. The SMILES string of the molecule is CC1CCN(C(=O)C[C@H]2c3nc(NCc4ccccc4)sc3C[C@H]3[C@](C)(CO)[C@H](O)CC[C@]32C)CC1. The second-order valence-electron chi connectivity index (χ2n) is 12.0. The average molecular weight is 512 g/mol. The van der Waals surface area contributed by atoms with Gasteiger partial charge in [0.1, 0.15) is 0 Å². The smallest absolute Gasteiger partial charge is 0.223 e. The number of anilines is 1. The standard InChI is InChI=1S/C29H41N3O3S/c1-19-10-13-32(14-11-19)25(35)15-21-26-22(36-27(31-26)30-17-20-7-5-4-6-8-20)16-23-28(21,2)12-9-24(34)29(23,3)18-33/h4-8,19,21,23-24,33-34H,9-18H2,1-3H3,(H,30,31)/t21-,23+,24+,28-,29-/m0/s1. The number of aromatic nitrogens is 1. The molecule has 196 valence electrons. The molecule has 1 aromatic carbocycles. The molecule has 0 radical (unpaired) electrons.